The predicted octanol–water partition coefficient (Wildman–Crippen LogP) is 17.0. The molecule has 8 aliphatic heterocycles. The van der Waals surface area contributed by atoms with Crippen LogP contribution in [0.2, 0.25) is 5.02 Å². The van der Waals surface area contributed by atoms with Crippen LogP contribution in [-0.4, -0.2) is 137 Å². The van der Waals surface area contributed by atoms with Crippen molar-refractivity contribution in [3.63, 3.8) is 0 Å². The van der Waals surface area contributed by atoms with Crippen molar-refractivity contribution >= 4 is 55.7 Å². The highest BCUT2D eigenvalue weighted by atomic mass is 35.5. The maximum Gasteiger partial charge on any atom is 0.433 e. The number of methoxy groups -OCH3 is 1. The van der Waals surface area contributed by atoms with Gasteiger partial charge in [0.1, 0.15) is 32.4 Å². The molecule has 4 unspecified atom stereocenters. The second kappa shape index (κ2) is 32.5. The average Bonchev–Trinajstić information content (AvgIpc) is 1.60. The van der Waals surface area contributed by atoms with E-state index in [0.29, 0.717) is 70.8 Å². The van der Waals surface area contributed by atoms with E-state index in [-0.39, 0.29) is 0 Å². The number of hydrogen-bond acceptors (Lipinski definition) is 13. The first-order valence-electron chi connectivity index (χ1n) is 39.6. The van der Waals surface area contributed by atoms with Gasteiger partial charge in [-0.15, -0.1) is 0 Å². The Bertz CT molecular complexity index is 5300. The van der Waals surface area contributed by atoms with E-state index in [1.807, 2.05) is 73.2 Å². The van der Waals surface area contributed by atoms with Gasteiger partial charge in [0, 0.05) is 196 Å². The van der Waals surface area contributed by atoms with Crippen LogP contribution < -0.4 is 4.74 Å². The van der Waals surface area contributed by atoms with Crippen molar-refractivity contribution in [1.29, 1.82) is 0 Å². The lowest BCUT2D eigenvalue weighted by molar-refractivity contribution is -0.141. The molecule has 4 fully saturated rings. The van der Waals surface area contributed by atoms with E-state index in [1.165, 1.54) is 113 Å². The number of aromatic nitrogens is 12. The third-order valence-electron chi connectivity index (χ3n) is 24.4. The minimum absolute atomic E-state index is 0.326. The fourth-order valence-corrected chi connectivity index (χ4v) is 19.4. The number of nitrogens with zero attached hydrogens (tertiary/aromatic N) is 16. The monoisotopic (exact) mass is 1530 g/mol. The molecule has 20 heterocycles. The lowest BCUT2D eigenvalue weighted by Crippen LogP contribution is -2.31. The van der Waals surface area contributed by atoms with Gasteiger partial charge < -0.3 is 23.0 Å². The van der Waals surface area contributed by atoms with Crippen molar-refractivity contribution in [2.75, 3.05) is 59.5 Å². The van der Waals surface area contributed by atoms with Crippen LogP contribution in [0, 0.1) is 0 Å². The summed E-state index contributed by atoms with van der Waals surface area (Å²) in [5.74, 6) is 0.636. The Labute approximate surface area is 645 Å². The largest absolute Gasteiger partial charge is 0.481 e. The van der Waals surface area contributed by atoms with E-state index < -0.39 is 38.6 Å². The minimum Gasteiger partial charge on any atom is -0.481 e. The maximum absolute atomic E-state index is 13.3. The van der Waals surface area contributed by atoms with Crippen LogP contribution in [0.25, 0.3) is 44.1 Å². The summed E-state index contributed by atoms with van der Waals surface area (Å²) in [4.78, 5) is 45.5. The predicted molar refractivity (Wildman–Crippen MR) is 416 cm³/mol. The summed E-state index contributed by atoms with van der Waals surface area (Å²) in [5.41, 5.74) is 24.4. The molecular formula is C86H92ClF7N16O. The summed E-state index contributed by atoms with van der Waals surface area (Å²) in [6, 6.07) is 31.5. The molecule has 0 aliphatic carbocycles. The van der Waals surface area contributed by atoms with Crippen LogP contribution in [0.15, 0.2) is 128 Å². The summed E-state index contributed by atoms with van der Waals surface area (Å²) in [5, 5.41) is 0.659. The molecule has 0 bridgehead atoms. The van der Waals surface area contributed by atoms with Crippen molar-refractivity contribution in [2.45, 2.75) is 186 Å². The van der Waals surface area contributed by atoms with E-state index in [1.54, 1.807) is 19.4 Å². The van der Waals surface area contributed by atoms with Crippen molar-refractivity contribution in [3.05, 3.63) is 229 Å². The van der Waals surface area contributed by atoms with E-state index >= 15 is 0 Å². The molecule has 4 saturated heterocycles. The lowest BCUT2D eigenvalue weighted by atomic mass is 9.98. The van der Waals surface area contributed by atoms with E-state index in [4.69, 9.17) is 31.3 Å². The van der Waals surface area contributed by atoms with Crippen molar-refractivity contribution in [3.8, 4) is 5.88 Å². The SMILES string of the molecule is COc1ccc(CCn2c3c(c4nc(CF)ccc42)C2CCCN2CC3)cn1.FCc1ccc2c(n1)c1c(n2CCc2ccc(C(F)(F)F)nc2)CCN2CCCC12.FCc1ccc2c(n1)c1c(n2CCc2ccc(Cl)cn2)CCN2CCCC12.FCc1ccc2c(n1)c1c(n2CCc2cccnc2)CCN2CCCC12. The highest BCUT2D eigenvalue weighted by molar-refractivity contribution is 6.30. The minimum atomic E-state index is -4.43. The third kappa shape index (κ3) is 14.9. The number of fused-ring (bicyclic) bond motifs is 20. The molecule has 578 valence electrons. The topological polar surface area (TPSA) is 145 Å². The smallest absolute Gasteiger partial charge is 0.433 e. The van der Waals surface area contributed by atoms with Gasteiger partial charge in [0.25, 0.3) is 0 Å². The van der Waals surface area contributed by atoms with Gasteiger partial charge in [-0.1, -0.05) is 29.8 Å². The number of halogens is 8. The van der Waals surface area contributed by atoms with Gasteiger partial charge in [-0.05, 0) is 186 Å². The number of aryl methyl sites for hydroxylation is 8. The fourth-order valence-electron chi connectivity index (χ4n) is 19.3. The zero-order chi connectivity index (χ0) is 75.9. The van der Waals surface area contributed by atoms with Crippen LogP contribution in [0.5, 0.6) is 5.88 Å². The van der Waals surface area contributed by atoms with Gasteiger partial charge in [-0.2, -0.15) is 13.2 Å². The van der Waals surface area contributed by atoms with Gasteiger partial charge in [0.2, 0.25) is 5.88 Å². The Morgan fingerprint density at radius 3 is 1.08 bits per heavy atom. The Morgan fingerprint density at radius 1 is 0.396 bits per heavy atom. The highest BCUT2D eigenvalue weighted by Gasteiger charge is 2.41. The number of rotatable bonds is 17. The first-order chi connectivity index (χ1) is 54.3. The molecule has 25 heteroatoms. The Kier molecular flexibility index (Phi) is 21.8. The average molecular weight is 1530 g/mol. The van der Waals surface area contributed by atoms with Crippen molar-refractivity contribution in [1.82, 2.24) is 77.7 Å². The first kappa shape index (κ1) is 74.5. The molecule has 12 aromatic rings. The number of ether oxygens (including phenoxy) is 1. The number of pyridine rings is 8. The summed E-state index contributed by atoms with van der Waals surface area (Å²) in [7, 11) is 1.63. The summed E-state index contributed by atoms with van der Waals surface area (Å²) < 4.78 is 106. The molecule has 0 spiro atoms. The Balaban J connectivity index is 0.000000108. The summed E-state index contributed by atoms with van der Waals surface area (Å²) in [6.45, 7) is 10.1. The lowest BCUT2D eigenvalue weighted by Gasteiger charge is -2.30. The van der Waals surface area contributed by atoms with E-state index in [2.05, 4.69) is 87.1 Å². The molecule has 0 N–H and O–H groups in total. The summed E-state index contributed by atoms with van der Waals surface area (Å²) >= 11 is 5.95. The first-order valence-corrected chi connectivity index (χ1v) is 39.9. The Morgan fingerprint density at radius 2 is 0.766 bits per heavy atom. The highest BCUT2D eigenvalue weighted by Crippen LogP contribution is 2.47. The quantitative estimate of drug-likeness (QED) is 0.0798. The van der Waals surface area contributed by atoms with Crippen LogP contribution in [-0.2, 0) is 110 Å². The van der Waals surface area contributed by atoms with Crippen LogP contribution in [0.3, 0.4) is 0 Å². The summed E-state index contributed by atoms with van der Waals surface area (Å²) in [6.07, 6.45) is 21.0. The molecule has 0 radical (unpaired) electrons. The molecular weight excluding hydrogens is 1440 g/mol. The zero-order valence-corrected chi connectivity index (χ0v) is 63.4. The van der Waals surface area contributed by atoms with Gasteiger partial charge >= 0.3 is 6.18 Å². The van der Waals surface area contributed by atoms with E-state index in [0.717, 1.165) is 185 Å². The number of alkyl halides is 7. The Hall–Kier alpha value is -9.20. The molecule has 20 rings (SSSR count). The molecule has 8 aliphatic rings. The van der Waals surface area contributed by atoms with Crippen LogP contribution in [0.1, 0.15) is 171 Å². The van der Waals surface area contributed by atoms with Crippen LogP contribution >= 0.6 is 11.6 Å². The van der Waals surface area contributed by atoms with Crippen molar-refractivity contribution in [2.24, 2.45) is 0 Å². The molecule has 0 saturated carbocycles. The van der Waals surface area contributed by atoms with E-state index in [9.17, 15) is 30.7 Å². The third-order valence-corrected chi connectivity index (χ3v) is 24.7. The molecule has 4 atom stereocenters. The molecule has 0 aromatic carbocycles. The maximum atomic E-state index is 13.3. The van der Waals surface area contributed by atoms with Crippen molar-refractivity contribution < 1.29 is 35.5 Å². The molecule has 17 nitrogen and oxygen atoms in total. The molecule has 0 amide bonds. The molecule has 12 aromatic heterocycles. The normalized spacial score (nSPS) is 19.3. The second-order valence-corrected chi connectivity index (χ2v) is 31.1. The molecule has 111 heavy (non-hydrogen) atoms. The van der Waals surface area contributed by atoms with Crippen LogP contribution in [0.4, 0.5) is 30.7 Å². The standard InChI is InChI=1S/C22H22F4N4.C22H25FN4O.C21H22ClFN4.C21H23FN4/c23-12-15-4-5-18-21(28-15)20-16-2-1-9-29(16)10-8-17(20)30(18)11-7-14-3-6-19(27-13-14)22(24,25)26;1-28-20-7-4-15(14-24-20)8-12-27-18-9-11-26-10-2-3-17(26)21(18)22-19(27)6-5-16(13-23)25-22;22-14-3-4-15(24-13-14)7-11-27-18-8-10-26-9-1-2-17(26)20(18)21-19(27)6-5-16(12-23)25-21;22-13-16-5-6-19-21(24-16)20-17-4-2-10-25(17)11-8-18(20)26(19)12-7-15-3-1-9-23-14-15/h3-6,13,16H,1-2,7-12H2;4-7,14,17H,2-3,8-13H2,1H3;3-6,13,17H,1-2,7-12H2;1,3,5-6,9,14,17H,2,4,7-8,10-13H2. The van der Waals surface area contributed by atoms with Gasteiger partial charge in [0.05, 0.1) is 79.0 Å². The van der Waals surface area contributed by atoms with Gasteiger partial charge in [-0.3, -0.25) is 34.6 Å². The second-order valence-electron chi connectivity index (χ2n) is 30.6. The van der Waals surface area contributed by atoms with Gasteiger partial charge in [-0.25, -0.2) is 42.5 Å². The van der Waals surface area contributed by atoms with Gasteiger partial charge in [0.15, 0.2) is 0 Å². The number of hydrogen-bond donors (Lipinski definition) is 0. The fraction of sp³-hybridized carbons (Fsp3) is 0.442. The zero-order valence-electron chi connectivity index (χ0n) is 62.6.